The van der Waals surface area contributed by atoms with E-state index in [1.54, 1.807) is 0 Å². The smallest absolute Gasteiger partial charge is 0.219 e. The second-order valence-corrected chi connectivity index (χ2v) is 23.5. The summed E-state index contributed by atoms with van der Waals surface area (Å²) < 4.78 is 0. The summed E-state index contributed by atoms with van der Waals surface area (Å²) in [6, 6.07) is 0. The van der Waals surface area contributed by atoms with Gasteiger partial charge in [0, 0.05) is 39.1 Å². The van der Waals surface area contributed by atoms with Crippen molar-refractivity contribution in [2.24, 2.45) is 0 Å². The van der Waals surface area contributed by atoms with Gasteiger partial charge < -0.3 is 25.7 Å². The quantitative estimate of drug-likeness (QED) is 0.0385. The molecule has 0 aromatic heterocycles. The van der Waals surface area contributed by atoms with Crippen molar-refractivity contribution >= 4 is 5.91 Å². The van der Waals surface area contributed by atoms with Crippen molar-refractivity contribution in [3.8, 4) is 0 Å². The van der Waals surface area contributed by atoms with E-state index in [2.05, 4.69) is 42.8 Å². The van der Waals surface area contributed by atoms with Crippen LogP contribution in [0.2, 0.25) is 0 Å². The van der Waals surface area contributed by atoms with Crippen molar-refractivity contribution in [2.75, 3.05) is 45.8 Å². The van der Waals surface area contributed by atoms with E-state index in [-0.39, 0.29) is 30.3 Å². The van der Waals surface area contributed by atoms with Crippen molar-refractivity contribution in [3.05, 3.63) is 0 Å². The lowest BCUT2D eigenvalue weighted by Crippen LogP contribution is -2.39. The number of aliphatic hydroxyl groups excluding tert-OH is 4. The summed E-state index contributed by atoms with van der Waals surface area (Å²) in [4.78, 5) is 17.5. The van der Waals surface area contributed by atoms with Crippen LogP contribution in [-0.4, -0.2) is 106 Å². The van der Waals surface area contributed by atoms with Gasteiger partial charge >= 0.3 is 0 Å². The SMILES string of the molecule is CCCCCCCCCCCCC(O)CN(CCCCNC(=O)CCCCN(CC(O)CCCCCCCCCCCC)CC(O)CCCCCCCCCCCC)CC(O)CCCCCCCCCCCC. The van der Waals surface area contributed by atoms with Crippen molar-refractivity contribution in [1.29, 1.82) is 0 Å². The van der Waals surface area contributed by atoms with Gasteiger partial charge in [-0.15, -0.1) is 0 Å². The molecule has 0 bridgehead atoms. The van der Waals surface area contributed by atoms with Gasteiger partial charge in [-0.1, -0.05) is 285 Å². The minimum absolute atomic E-state index is 0.101. The lowest BCUT2D eigenvalue weighted by atomic mass is 10.0. The Morgan fingerprint density at radius 2 is 0.521 bits per heavy atom. The second kappa shape index (κ2) is 58.9. The first-order chi connectivity index (χ1) is 35.7. The van der Waals surface area contributed by atoms with E-state index in [1.807, 2.05) is 0 Å². The Morgan fingerprint density at radius 1 is 0.301 bits per heavy atom. The molecule has 0 fully saturated rings. The zero-order valence-corrected chi connectivity index (χ0v) is 50.0. The number of hydrogen-bond donors (Lipinski definition) is 5. The number of unbranched alkanes of at least 4 members (excludes halogenated alkanes) is 38. The van der Waals surface area contributed by atoms with Crippen LogP contribution in [0, 0.1) is 0 Å². The standard InChI is InChI=1S/C65H133N3O5/c1-5-9-13-17-21-25-29-33-37-41-49-61(69)57-67(58-62(70)50-42-38-34-30-26-22-18-14-10-6-2)55-47-45-53-65(73)66-54-46-48-56-68(59-63(71)51-43-39-35-31-27-23-19-15-11-7-3)60-64(72)52-44-40-36-32-28-24-20-16-12-8-4/h61-64,69-72H,5-60H2,1-4H3,(H,66,73). The van der Waals surface area contributed by atoms with E-state index < -0.39 is 0 Å². The highest BCUT2D eigenvalue weighted by Gasteiger charge is 2.18. The fraction of sp³-hybridized carbons (Fsp3) is 0.985. The molecule has 0 aliphatic rings. The van der Waals surface area contributed by atoms with Gasteiger partial charge in [0.1, 0.15) is 0 Å². The number of amides is 1. The van der Waals surface area contributed by atoms with Gasteiger partial charge in [-0.2, -0.15) is 0 Å². The molecule has 0 saturated carbocycles. The Hall–Kier alpha value is -0.770. The molecule has 0 rings (SSSR count). The molecular formula is C65H133N3O5. The summed E-state index contributed by atoms with van der Waals surface area (Å²) in [5, 5.41) is 47.5. The van der Waals surface area contributed by atoms with E-state index >= 15 is 0 Å². The van der Waals surface area contributed by atoms with E-state index in [4.69, 9.17) is 0 Å². The summed E-state index contributed by atoms with van der Waals surface area (Å²) in [5.74, 6) is 0.101. The van der Waals surface area contributed by atoms with Crippen LogP contribution in [-0.2, 0) is 4.79 Å². The number of nitrogens with one attached hydrogen (secondary N) is 1. The topological polar surface area (TPSA) is 117 Å². The minimum atomic E-state index is -0.376. The average molecular weight is 1040 g/mol. The molecular weight excluding hydrogens is 903 g/mol. The summed E-state index contributed by atoms with van der Waals surface area (Å²) in [5.41, 5.74) is 0. The molecule has 438 valence electrons. The summed E-state index contributed by atoms with van der Waals surface area (Å²) in [6.07, 6.45) is 57.5. The number of carbonyl (C=O) groups excluding carboxylic acids is 1. The third-order valence-corrected chi connectivity index (χ3v) is 15.8. The highest BCUT2D eigenvalue weighted by molar-refractivity contribution is 5.75. The van der Waals surface area contributed by atoms with Crippen molar-refractivity contribution in [2.45, 2.75) is 367 Å². The van der Waals surface area contributed by atoms with Crippen molar-refractivity contribution in [1.82, 2.24) is 15.1 Å². The third-order valence-electron chi connectivity index (χ3n) is 15.8. The Bertz CT molecular complexity index is 1000. The van der Waals surface area contributed by atoms with Gasteiger partial charge in [0.15, 0.2) is 0 Å². The molecule has 5 N–H and O–H groups in total. The molecule has 8 heteroatoms. The van der Waals surface area contributed by atoms with Crippen molar-refractivity contribution < 1.29 is 25.2 Å². The fourth-order valence-corrected chi connectivity index (χ4v) is 10.9. The van der Waals surface area contributed by atoms with Crippen LogP contribution < -0.4 is 5.32 Å². The first-order valence-corrected chi connectivity index (χ1v) is 33.2. The number of hydrogen-bond acceptors (Lipinski definition) is 7. The van der Waals surface area contributed by atoms with Crippen LogP contribution in [0.1, 0.15) is 342 Å². The molecule has 0 aliphatic heterocycles. The van der Waals surface area contributed by atoms with Gasteiger partial charge in [0.25, 0.3) is 0 Å². The number of rotatable bonds is 62. The second-order valence-electron chi connectivity index (χ2n) is 23.5. The number of carbonyl (C=O) groups is 1. The van der Waals surface area contributed by atoms with E-state index in [0.29, 0.717) is 39.1 Å². The molecule has 0 aromatic carbocycles. The molecule has 0 spiro atoms. The normalized spacial score (nSPS) is 13.6. The maximum atomic E-state index is 13.0. The molecule has 4 unspecified atom stereocenters. The number of nitrogens with zero attached hydrogens (tertiary/aromatic N) is 2. The van der Waals surface area contributed by atoms with Crippen LogP contribution >= 0.6 is 0 Å². The van der Waals surface area contributed by atoms with Crippen LogP contribution in [0.4, 0.5) is 0 Å². The average Bonchev–Trinajstić information content (AvgIpc) is 3.37. The predicted octanol–water partition coefficient (Wildman–Crippen LogP) is 17.3. The minimum Gasteiger partial charge on any atom is -0.392 e. The van der Waals surface area contributed by atoms with Crippen LogP contribution in [0.3, 0.4) is 0 Å². The van der Waals surface area contributed by atoms with Gasteiger partial charge in [0.2, 0.25) is 5.91 Å². The first-order valence-electron chi connectivity index (χ1n) is 33.2. The van der Waals surface area contributed by atoms with Crippen LogP contribution in [0.5, 0.6) is 0 Å². The van der Waals surface area contributed by atoms with Gasteiger partial charge in [-0.25, -0.2) is 0 Å². The summed E-state index contributed by atoms with van der Waals surface area (Å²) >= 11 is 0. The Labute approximate surface area is 457 Å². The molecule has 0 aliphatic carbocycles. The third kappa shape index (κ3) is 55.8. The maximum absolute atomic E-state index is 13.0. The predicted molar refractivity (Wildman–Crippen MR) is 319 cm³/mol. The number of aliphatic hydroxyl groups is 4. The highest BCUT2D eigenvalue weighted by atomic mass is 16.3. The largest absolute Gasteiger partial charge is 0.392 e. The molecule has 0 saturated heterocycles. The Kier molecular flexibility index (Phi) is 58.3. The first kappa shape index (κ1) is 72.2. The molecule has 8 nitrogen and oxygen atoms in total. The molecule has 0 heterocycles. The lowest BCUT2D eigenvalue weighted by Gasteiger charge is -2.27. The van der Waals surface area contributed by atoms with E-state index in [9.17, 15) is 25.2 Å². The Balaban J connectivity index is 4.85. The lowest BCUT2D eigenvalue weighted by molar-refractivity contribution is -0.121. The monoisotopic (exact) mass is 1040 g/mol. The van der Waals surface area contributed by atoms with E-state index in [1.165, 1.54) is 231 Å². The van der Waals surface area contributed by atoms with Crippen LogP contribution in [0.15, 0.2) is 0 Å². The molecule has 1 amide bonds. The molecule has 4 atom stereocenters. The molecule has 0 aromatic rings. The van der Waals surface area contributed by atoms with Gasteiger partial charge in [-0.3, -0.25) is 14.6 Å². The molecule has 73 heavy (non-hydrogen) atoms. The van der Waals surface area contributed by atoms with E-state index in [0.717, 1.165) is 90.1 Å². The van der Waals surface area contributed by atoms with Gasteiger partial charge in [0.05, 0.1) is 24.4 Å². The Morgan fingerprint density at radius 3 is 0.767 bits per heavy atom. The fourth-order valence-electron chi connectivity index (χ4n) is 10.9. The zero-order chi connectivity index (χ0) is 53.3. The molecule has 0 radical (unpaired) electrons. The highest BCUT2D eigenvalue weighted by Crippen LogP contribution is 2.18. The van der Waals surface area contributed by atoms with Crippen molar-refractivity contribution in [3.63, 3.8) is 0 Å². The maximum Gasteiger partial charge on any atom is 0.219 e. The summed E-state index contributed by atoms with van der Waals surface area (Å²) in [6.45, 7) is 13.8. The van der Waals surface area contributed by atoms with Gasteiger partial charge in [-0.05, 0) is 64.5 Å². The van der Waals surface area contributed by atoms with Crippen LogP contribution in [0.25, 0.3) is 0 Å². The summed E-state index contributed by atoms with van der Waals surface area (Å²) in [7, 11) is 0. The zero-order valence-electron chi connectivity index (χ0n) is 50.0.